The van der Waals surface area contributed by atoms with Crippen LogP contribution in [0.25, 0.3) is 0 Å². The molecule has 0 spiro atoms. The van der Waals surface area contributed by atoms with Gasteiger partial charge in [-0.25, -0.2) is 4.99 Å². The van der Waals surface area contributed by atoms with Gasteiger partial charge in [0.25, 0.3) is 0 Å². The van der Waals surface area contributed by atoms with Gasteiger partial charge in [0.1, 0.15) is 12.3 Å². The molecule has 2 aromatic rings. The number of nitrogens with one attached hydrogen (secondary N) is 2. The van der Waals surface area contributed by atoms with Crippen molar-refractivity contribution in [3.63, 3.8) is 0 Å². The molecular weight excluding hydrogens is 328 g/mol. The number of benzene rings is 2. The predicted molar refractivity (Wildman–Crippen MR) is 104 cm³/mol. The fourth-order valence-electron chi connectivity index (χ4n) is 2.39. The van der Waals surface area contributed by atoms with Crippen LogP contribution < -0.4 is 21.1 Å². The van der Waals surface area contributed by atoms with Crippen molar-refractivity contribution in [1.29, 1.82) is 0 Å². The van der Waals surface area contributed by atoms with Gasteiger partial charge in [0.15, 0.2) is 5.96 Å². The number of aliphatic imine (C=N–C) groups is 1. The summed E-state index contributed by atoms with van der Waals surface area (Å²) in [6.07, 6.45) is 1.61. The van der Waals surface area contributed by atoms with Crippen LogP contribution in [0.15, 0.2) is 59.6 Å². The predicted octanol–water partition coefficient (Wildman–Crippen LogP) is 1.50. The third-order valence-electron chi connectivity index (χ3n) is 3.85. The molecule has 0 heterocycles. The van der Waals surface area contributed by atoms with Gasteiger partial charge in [-0.2, -0.15) is 0 Å². The molecule has 0 saturated heterocycles. The van der Waals surface area contributed by atoms with Gasteiger partial charge < -0.3 is 21.1 Å². The van der Waals surface area contributed by atoms with E-state index in [1.165, 1.54) is 11.1 Å². The Morgan fingerprint density at radius 1 is 0.962 bits per heavy atom. The molecule has 0 radical (unpaired) electrons. The molecule has 0 atom stereocenters. The van der Waals surface area contributed by atoms with Crippen molar-refractivity contribution in [3.05, 3.63) is 65.7 Å². The average molecular weight is 354 g/mol. The fourth-order valence-corrected chi connectivity index (χ4v) is 2.39. The lowest BCUT2D eigenvalue weighted by atomic mass is 10.1. The maximum absolute atomic E-state index is 11.8. The minimum absolute atomic E-state index is 0.0240. The summed E-state index contributed by atoms with van der Waals surface area (Å²) < 4.78 is 5.13. The van der Waals surface area contributed by atoms with Gasteiger partial charge >= 0.3 is 0 Å². The van der Waals surface area contributed by atoms with Crippen LogP contribution in [0.3, 0.4) is 0 Å². The van der Waals surface area contributed by atoms with Gasteiger partial charge in [-0.3, -0.25) is 4.79 Å². The van der Waals surface area contributed by atoms with E-state index in [4.69, 9.17) is 10.5 Å². The number of nitrogens with zero attached hydrogens (tertiary/aromatic N) is 1. The van der Waals surface area contributed by atoms with E-state index in [1.54, 1.807) is 7.11 Å². The zero-order chi connectivity index (χ0) is 18.6. The summed E-state index contributed by atoms with van der Waals surface area (Å²) in [5.74, 6) is 0.971. The average Bonchev–Trinajstić information content (AvgIpc) is 2.68. The maximum Gasteiger partial charge on any atom is 0.241 e. The van der Waals surface area contributed by atoms with E-state index < -0.39 is 0 Å². The zero-order valence-electron chi connectivity index (χ0n) is 15.1. The molecule has 2 aromatic carbocycles. The first kappa shape index (κ1) is 19.3. The topological polar surface area (TPSA) is 88.7 Å². The lowest BCUT2D eigenvalue weighted by Crippen LogP contribution is -2.35. The molecule has 2 rings (SSSR count). The van der Waals surface area contributed by atoms with Crippen LogP contribution in [0, 0.1) is 0 Å². The highest BCUT2D eigenvalue weighted by Gasteiger charge is 2.01. The molecule has 0 unspecified atom stereocenters. The number of amides is 1. The van der Waals surface area contributed by atoms with Gasteiger partial charge in [-0.05, 0) is 36.1 Å². The number of hydrogen-bond donors (Lipinski definition) is 3. The van der Waals surface area contributed by atoms with Crippen molar-refractivity contribution >= 4 is 11.9 Å². The van der Waals surface area contributed by atoms with Crippen LogP contribution in [0.2, 0.25) is 0 Å². The van der Waals surface area contributed by atoms with Crippen molar-refractivity contribution in [2.45, 2.75) is 12.8 Å². The largest absolute Gasteiger partial charge is 0.497 e. The van der Waals surface area contributed by atoms with Crippen LogP contribution in [0.1, 0.15) is 11.1 Å². The second-order valence-electron chi connectivity index (χ2n) is 5.81. The van der Waals surface area contributed by atoms with E-state index in [-0.39, 0.29) is 18.4 Å². The smallest absolute Gasteiger partial charge is 0.241 e. The number of carbonyl (C=O) groups excluding carboxylic acids is 1. The van der Waals surface area contributed by atoms with E-state index in [2.05, 4.69) is 15.6 Å². The molecule has 0 fully saturated rings. The van der Waals surface area contributed by atoms with Gasteiger partial charge in [-0.15, -0.1) is 0 Å². The van der Waals surface area contributed by atoms with Crippen LogP contribution in [-0.2, 0) is 17.6 Å². The summed E-state index contributed by atoms with van der Waals surface area (Å²) in [6, 6.07) is 17.9. The van der Waals surface area contributed by atoms with Gasteiger partial charge in [-0.1, -0.05) is 42.5 Å². The van der Waals surface area contributed by atoms with Gasteiger partial charge in [0.2, 0.25) is 5.91 Å². The summed E-state index contributed by atoms with van der Waals surface area (Å²) in [6.45, 7) is 1.26. The zero-order valence-corrected chi connectivity index (χ0v) is 15.1. The third-order valence-corrected chi connectivity index (χ3v) is 3.85. The number of ether oxygens (including phenoxy) is 1. The Labute approximate surface area is 154 Å². The van der Waals surface area contributed by atoms with Gasteiger partial charge in [0, 0.05) is 13.1 Å². The summed E-state index contributed by atoms with van der Waals surface area (Å²) in [4.78, 5) is 15.8. The Hall–Kier alpha value is -3.02. The van der Waals surface area contributed by atoms with Crippen molar-refractivity contribution < 1.29 is 9.53 Å². The fraction of sp³-hybridized carbons (Fsp3) is 0.300. The molecule has 6 heteroatoms. The molecule has 6 nitrogen and oxygen atoms in total. The molecule has 138 valence electrons. The molecule has 1 amide bonds. The highest BCUT2D eigenvalue weighted by atomic mass is 16.5. The van der Waals surface area contributed by atoms with Gasteiger partial charge in [0.05, 0.1) is 7.11 Å². The lowest BCUT2D eigenvalue weighted by Gasteiger charge is -2.07. The Kier molecular flexibility index (Phi) is 7.99. The maximum atomic E-state index is 11.8. The number of guanidine groups is 1. The van der Waals surface area contributed by atoms with E-state index >= 15 is 0 Å². The SMILES string of the molecule is COc1ccc(CCNC(N)=NCC(=O)NCCc2ccccc2)cc1. The summed E-state index contributed by atoms with van der Waals surface area (Å²) in [7, 11) is 1.64. The molecule has 0 aliphatic rings. The third kappa shape index (κ3) is 7.25. The first-order chi connectivity index (χ1) is 12.7. The Bertz CT molecular complexity index is 700. The Morgan fingerprint density at radius 2 is 1.58 bits per heavy atom. The molecule has 4 N–H and O–H groups in total. The quantitative estimate of drug-likeness (QED) is 0.470. The van der Waals surface area contributed by atoms with Crippen LogP contribution in [0.5, 0.6) is 5.75 Å². The normalized spacial score (nSPS) is 11.0. The molecule has 0 bridgehead atoms. The number of methoxy groups -OCH3 is 1. The molecule has 0 aromatic heterocycles. The number of nitrogens with two attached hydrogens (primary N) is 1. The first-order valence-corrected chi connectivity index (χ1v) is 8.64. The molecule has 26 heavy (non-hydrogen) atoms. The van der Waals surface area contributed by atoms with E-state index in [1.807, 2.05) is 54.6 Å². The second-order valence-corrected chi connectivity index (χ2v) is 5.81. The number of hydrogen-bond acceptors (Lipinski definition) is 3. The van der Waals surface area contributed by atoms with Crippen molar-refractivity contribution in [3.8, 4) is 5.75 Å². The summed E-state index contributed by atoms with van der Waals surface area (Å²) in [5, 5.41) is 5.85. The minimum atomic E-state index is -0.138. The van der Waals surface area contributed by atoms with E-state index in [0.29, 0.717) is 13.1 Å². The van der Waals surface area contributed by atoms with Crippen molar-refractivity contribution in [1.82, 2.24) is 10.6 Å². The van der Waals surface area contributed by atoms with E-state index in [9.17, 15) is 4.79 Å². The summed E-state index contributed by atoms with van der Waals surface area (Å²) in [5.41, 5.74) is 8.15. The van der Waals surface area contributed by atoms with Crippen LogP contribution in [-0.4, -0.2) is 38.6 Å². The van der Waals surface area contributed by atoms with Crippen LogP contribution >= 0.6 is 0 Å². The standard InChI is InChI=1S/C20H26N4O2/c1-26-18-9-7-17(8-10-18)12-14-23-20(21)24-15-19(25)22-13-11-16-5-3-2-4-6-16/h2-10H,11-15H2,1H3,(H,22,25)(H3,21,23,24). The molecule has 0 aliphatic heterocycles. The lowest BCUT2D eigenvalue weighted by molar-refractivity contribution is -0.119. The first-order valence-electron chi connectivity index (χ1n) is 8.64. The number of rotatable bonds is 9. The Balaban J connectivity index is 1.61. The number of carbonyl (C=O) groups is 1. The molecule has 0 aliphatic carbocycles. The Morgan fingerprint density at radius 3 is 2.23 bits per heavy atom. The monoisotopic (exact) mass is 354 g/mol. The minimum Gasteiger partial charge on any atom is -0.497 e. The molecule has 0 saturated carbocycles. The highest BCUT2D eigenvalue weighted by Crippen LogP contribution is 2.11. The van der Waals surface area contributed by atoms with E-state index in [0.717, 1.165) is 18.6 Å². The van der Waals surface area contributed by atoms with Crippen LogP contribution in [0.4, 0.5) is 0 Å². The van der Waals surface area contributed by atoms with Crippen molar-refractivity contribution in [2.75, 3.05) is 26.7 Å². The highest BCUT2D eigenvalue weighted by molar-refractivity contribution is 5.83. The molecular formula is C20H26N4O2. The summed E-state index contributed by atoms with van der Waals surface area (Å²) >= 11 is 0. The van der Waals surface area contributed by atoms with Crippen molar-refractivity contribution in [2.24, 2.45) is 10.7 Å². The second kappa shape index (κ2) is 10.8.